The van der Waals surface area contributed by atoms with Crippen molar-refractivity contribution in [3.8, 4) is 11.4 Å². The third-order valence-corrected chi connectivity index (χ3v) is 5.91. The summed E-state index contributed by atoms with van der Waals surface area (Å²) < 4.78 is 0. The van der Waals surface area contributed by atoms with E-state index in [0.717, 1.165) is 35.5 Å². The largest absolute Gasteiger partial charge is 0.399 e. The molecule has 4 rings (SSSR count). The maximum absolute atomic E-state index is 10.5. The minimum absolute atomic E-state index is 0.0439. The molecule has 0 bridgehead atoms. The fraction of sp³-hybridized carbons (Fsp3) is 0.381. The van der Waals surface area contributed by atoms with Crippen LogP contribution in [0.1, 0.15) is 31.5 Å². The first-order valence-corrected chi connectivity index (χ1v) is 8.74. The highest BCUT2D eigenvalue weighted by Crippen LogP contribution is 2.50. The van der Waals surface area contributed by atoms with E-state index >= 15 is 0 Å². The Morgan fingerprint density at radius 2 is 2.04 bits per heavy atom. The Labute approximate surface area is 148 Å². The zero-order valence-electron chi connectivity index (χ0n) is 14.5. The third-order valence-electron chi connectivity index (χ3n) is 5.91. The maximum atomic E-state index is 10.5. The topological polar surface area (TPSA) is 50.4 Å². The van der Waals surface area contributed by atoms with E-state index in [1.165, 1.54) is 0 Å². The lowest BCUT2D eigenvalue weighted by Crippen LogP contribution is -2.47. The van der Waals surface area contributed by atoms with Crippen molar-refractivity contribution >= 4 is 0 Å². The summed E-state index contributed by atoms with van der Waals surface area (Å²) >= 11 is 0. The average Bonchev–Trinajstić information content (AvgIpc) is 2.65. The Kier molecular flexibility index (Phi) is 3.70. The summed E-state index contributed by atoms with van der Waals surface area (Å²) in [5.41, 5.74) is 3.27. The molecule has 0 fully saturated rings. The predicted octanol–water partition coefficient (Wildman–Crippen LogP) is 3.78. The van der Waals surface area contributed by atoms with Crippen molar-refractivity contribution in [3.05, 3.63) is 71.0 Å². The maximum Gasteiger partial charge on any atom is 0.190 e. The van der Waals surface area contributed by atoms with Crippen molar-refractivity contribution < 1.29 is 5.11 Å². The standard InChI is InChI=1S/C21H21N3O/c1-13-16-10-9-15-12-23-20(14-7-5-4-6-8-14)24-19(15)21(16,2)11-17(22-3)18(13)25/h4-8,11-13,16,18,25H,9-10H2,1-2H3/t13-,16-,18?,21-/m0/s1. The van der Waals surface area contributed by atoms with E-state index in [0.29, 0.717) is 5.70 Å². The van der Waals surface area contributed by atoms with Gasteiger partial charge < -0.3 is 5.11 Å². The highest BCUT2D eigenvalue weighted by molar-refractivity contribution is 5.56. The molecule has 25 heavy (non-hydrogen) atoms. The number of aliphatic hydroxyl groups excluding tert-OH is 1. The van der Waals surface area contributed by atoms with Crippen molar-refractivity contribution in [1.29, 1.82) is 0 Å². The summed E-state index contributed by atoms with van der Waals surface area (Å²) in [6, 6.07) is 9.97. The van der Waals surface area contributed by atoms with E-state index in [2.05, 4.69) is 23.7 Å². The van der Waals surface area contributed by atoms with Gasteiger partial charge in [0.15, 0.2) is 11.5 Å². The van der Waals surface area contributed by atoms with Crippen LogP contribution in [0.2, 0.25) is 0 Å². The first-order valence-electron chi connectivity index (χ1n) is 8.74. The molecule has 2 aromatic rings. The van der Waals surface area contributed by atoms with E-state index in [9.17, 15) is 5.11 Å². The number of allylic oxidation sites excluding steroid dienone is 1. The van der Waals surface area contributed by atoms with Crippen LogP contribution in [-0.2, 0) is 11.8 Å². The van der Waals surface area contributed by atoms with Crippen LogP contribution in [0.4, 0.5) is 0 Å². The molecule has 0 radical (unpaired) electrons. The number of hydrogen-bond acceptors (Lipinski definition) is 3. The van der Waals surface area contributed by atoms with Gasteiger partial charge in [-0.3, -0.25) is 0 Å². The van der Waals surface area contributed by atoms with E-state index in [1.54, 1.807) is 0 Å². The van der Waals surface area contributed by atoms with E-state index < -0.39 is 6.10 Å². The van der Waals surface area contributed by atoms with Crippen LogP contribution < -0.4 is 0 Å². The Balaban J connectivity index is 1.89. The lowest BCUT2D eigenvalue weighted by molar-refractivity contribution is 0.0659. The minimum Gasteiger partial charge on any atom is -0.399 e. The first kappa shape index (κ1) is 16.0. The van der Waals surface area contributed by atoms with Crippen LogP contribution in [0, 0.1) is 18.4 Å². The van der Waals surface area contributed by atoms with Gasteiger partial charge in [0.05, 0.1) is 18.4 Å². The number of nitrogens with zero attached hydrogens (tertiary/aromatic N) is 3. The molecule has 4 atom stereocenters. The van der Waals surface area contributed by atoms with Crippen LogP contribution in [0.5, 0.6) is 0 Å². The van der Waals surface area contributed by atoms with Gasteiger partial charge in [-0.25, -0.2) is 14.8 Å². The zero-order chi connectivity index (χ0) is 17.6. The van der Waals surface area contributed by atoms with Crippen molar-refractivity contribution in [2.45, 2.75) is 38.2 Å². The fourth-order valence-electron chi connectivity index (χ4n) is 4.53. The molecule has 1 unspecified atom stereocenters. The molecule has 1 N–H and O–H groups in total. The molecule has 1 aromatic carbocycles. The molecule has 126 valence electrons. The molecule has 1 aromatic heterocycles. The van der Waals surface area contributed by atoms with Gasteiger partial charge in [0, 0.05) is 17.2 Å². The van der Waals surface area contributed by atoms with Crippen molar-refractivity contribution in [2.75, 3.05) is 0 Å². The molecule has 2 aliphatic rings. The van der Waals surface area contributed by atoms with Crippen LogP contribution in [0.25, 0.3) is 16.2 Å². The molecule has 4 heteroatoms. The molecular weight excluding hydrogens is 310 g/mol. The number of benzene rings is 1. The number of aryl methyl sites for hydroxylation is 1. The Hall–Kier alpha value is -2.51. The van der Waals surface area contributed by atoms with Gasteiger partial charge in [0.25, 0.3) is 0 Å². The number of rotatable bonds is 1. The second-order valence-electron chi connectivity index (χ2n) is 7.35. The summed E-state index contributed by atoms with van der Waals surface area (Å²) in [6.07, 6.45) is 5.12. The SMILES string of the molecule is [C-]#[N+]C1=C[C@]2(C)c3nc(-c4ccccc4)ncc3CC[C@H]2[C@H](C)C1O. The van der Waals surface area contributed by atoms with E-state index in [4.69, 9.17) is 11.6 Å². The lowest BCUT2D eigenvalue weighted by atomic mass is 9.58. The van der Waals surface area contributed by atoms with Gasteiger partial charge >= 0.3 is 0 Å². The predicted molar refractivity (Wildman–Crippen MR) is 96.5 cm³/mol. The summed E-state index contributed by atoms with van der Waals surface area (Å²) in [6.45, 7) is 11.6. The van der Waals surface area contributed by atoms with E-state index in [1.807, 2.05) is 42.6 Å². The molecule has 4 nitrogen and oxygen atoms in total. The van der Waals surface area contributed by atoms with Gasteiger partial charge in [0.2, 0.25) is 0 Å². The Bertz CT molecular complexity index is 884. The summed E-state index contributed by atoms with van der Waals surface area (Å²) in [7, 11) is 0. The highest BCUT2D eigenvalue weighted by atomic mass is 16.3. The number of hydrogen-bond donors (Lipinski definition) is 1. The summed E-state index contributed by atoms with van der Waals surface area (Å²) in [5.74, 6) is 1.04. The van der Waals surface area contributed by atoms with Crippen molar-refractivity contribution in [2.24, 2.45) is 11.8 Å². The summed E-state index contributed by atoms with van der Waals surface area (Å²) in [4.78, 5) is 13.1. The van der Waals surface area contributed by atoms with Crippen LogP contribution >= 0.6 is 0 Å². The smallest absolute Gasteiger partial charge is 0.190 e. The van der Waals surface area contributed by atoms with Crippen LogP contribution in [0.3, 0.4) is 0 Å². The Morgan fingerprint density at radius 3 is 2.76 bits per heavy atom. The monoisotopic (exact) mass is 331 g/mol. The van der Waals surface area contributed by atoms with Gasteiger partial charge in [-0.05, 0) is 30.2 Å². The molecule has 2 aliphatic carbocycles. The number of fused-ring (bicyclic) bond motifs is 3. The first-order chi connectivity index (χ1) is 12.0. The number of aromatic nitrogens is 2. The number of aliphatic hydroxyl groups is 1. The molecular formula is C21H21N3O. The van der Waals surface area contributed by atoms with Crippen molar-refractivity contribution in [3.63, 3.8) is 0 Å². The molecule has 1 heterocycles. The van der Waals surface area contributed by atoms with Crippen LogP contribution in [-0.4, -0.2) is 21.2 Å². The van der Waals surface area contributed by atoms with Crippen LogP contribution in [0.15, 0.2) is 48.3 Å². The second kappa shape index (κ2) is 5.79. The van der Waals surface area contributed by atoms with Gasteiger partial charge in [0.1, 0.15) is 0 Å². The van der Waals surface area contributed by atoms with E-state index in [-0.39, 0.29) is 17.3 Å². The normalized spacial score (nSPS) is 30.6. The second-order valence-corrected chi connectivity index (χ2v) is 7.35. The average molecular weight is 331 g/mol. The van der Waals surface area contributed by atoms with Gasteiger partial charge in [-0.2, -0.15) is 0 Å². The molecule has 0 aliphatic heterocycles. The van der Waals surface area contributed by atoms with Gasteiger partial charge in [-0.15, -0.1) is 0 Å². The zero-order valence-corrected chi connectivity index (χ0v) is 14.5. The molecule has 0 spiro atoms. The molecule has 0 saturated carbocycles. The molecule has 0 amide bonds. The molecule has 0 saturated heterocycles. The van der Waals surface area contributed by atoms with Gasteiger partial charge in [-0.1, -0.05) is 50.3 Å². The van der Waals surface area contributed by atoms with Crippen molar-refractivity contribution in [1.82, 2.24) is 9.97 Å². The summed E-state index contributed by atoms with van der Waals surface area (Å²) in [5, 5.41) is 10.5. The Morgan fingerprint density at radius 1 is 1.28 bits per heavy atom. The highest BCUT2D eigenvalue weighted by Gasteiger charge is 2.48. The minimum atomic E-state index is -0.674. The lowest BCUT2D eigenvalue weighted by Gasteiger charge is -2.47. The fourth-order valence-corrected chi connectivity index (χ4v) is 4.53. The quantitative estimate of drug-likeness (QED) is 0.809. The third kappa shape index (κ3) is 2.39.